The van der Waals surface area contributed by atoms with Gasteiger partial charge >= 0.3 is 5.97 Å². The second-order valence-corrected chi connectivity index (χ2v) is 10.3. The van der Waals surface area contributed by atoms with Crippen molar-refractivity contribution in [3.63, 3.8) is 0 Å². The topological polar surface area (TPSA) is 57.5 Å². The lowest BCUT2D eigenvalue weighted by Crippen LogP contribution is -2.62. The molecule has 2 N–H and O–H groups in total. The molecule has 3 nitrogen and oxygen atoms in total. The van der Waals surface area contributed by atoms with Gasteiger partial charge in [-0.05, 0) is 80.0 Å². The summed E-state index contributed by atoms with van der Waals surface area (Å²) in [7, 11) is 0. The number of allylic oxidation sites excluding steroid dienone is 1. The Balaban J connectivity index is 1.80. The predicted octanol–water partition coefficient (Wildman–Crippen LogP) is 4.40. The molecular weight excluding hydrogens is 300 g/mol. The highest BCUT2D eigenvalue weighted by Crippen LogP contribution is 2.74. The van der Waals surface area contributed by atoms with Gasteiger partial charge in [0.1, 0.15) is 0 Å². The minimum absolute atomic E-state index is 0.0605. The number of fused-ring (bicyclic) bond motifs is 3. The Morgan fingerprint density at radius 1 is 1.21 bits per heavy atom. The molecule has 0 aromatic heterocycles. The van der Waals surface area contributed by atoms with Gasteiger partial charge in [0.2, 0.25) is 0 Å². The number of carbonyl (C=O) groups is 1. The molecule has 4 saturated carbocycles. The maximum atomic E-state index is 12.1. The van der Waals surface area contributed by atoms with Crippen LogP contribution >= 0.6 is 0 Å². The Kier molecular flexibility index (Phi) is 3.23. The van der Waals surface area contributed by atoms with Crippen LogP contribution in [-0.2, 0) is 4.79 Å². The van der Waals surface area contributed by atoms with E-state index >= 15 is 0 Å². The molecule has 2 bridgehead atoms. The van der Waals surface area contributed by atoms with Crippen molar-refractivity contribution in [1.29, 1.82) is 0 Å². The zero-order chi connectivity index (χ0) is 17.5. The first-order valence-electron chi connectivity index (χ1n) is 9.67. The van der Waals surface area contributed by atoms with Gasteiger partial charge < -0.3 is 10.2 Å². The zero-order valence-corrected chi connectivity index (χ0v) is 15.4. The van der Waals surface area contributed by atoms with Crippen LogP contribution in [0.4, 0.5) is 0 Å². The smallest absolute Gasteiger partial charge is 0.309 e. The van der Waals surface area contributed by atoms with Gasteiger partial charge in [-0.25, -0.2) is 0 Å². The fourth-order valence-electron chi connectivity index (χ4n) is 8.12. The van der Waals surface area contributed by atoms with Crippen LogP contribution in [0.1, 0.15) is 72.1 Å². The Morgan fingerprint density at radius 3 is 2.58 bits per heavy atom. The number of hydrogen-bond acceptors (Lipinski definition) is 2. The molecule has 7 atom stereocenters. The standard InChI is InChI=1S/C21H32O3/c1-13-10-21-9-6-15-19(3,7-5-8-20(15,4)17(23)24)16(21)14(22)11-18(13,2)12-21/h14-16,22H,1,5-12H2,2-4H3,(H,23,24)/t14-,15?,16?,18?,19?,20?,21?/m0/s1. The molecule has 0 heterocycles. The number of rotatable bonds is 1. The Labute approximate surface area is 145 Å². The van der Waals surface area contributed by atoms with E-state index in [1.165, 1.54) is 5.57 Å². The molecule has 0 aliphatic heterocycles. The van der Waals surface area contributed by atoms with Gasteiger partial charge in [0.05, 0.1) is 11.5 Å². The molecule has 0 saturated heterocycles. The van der Waals surface area contributed by atoms with Crippen molar-refractivity contribution < 1.29 is 15.0 Å². The molecule has 0 radical (unpaired) electrons. The quantitative estimate of drug-likeness (QED) is 0.700. The van der Waals surface area contributed by atoms with Gasteiger partial charge in [-0.2, -0.15) is 0 Å². The summed E-state index contributed by atoms with van der Waals surface area (Å²) in [6.07, 6.45) is 7.54. The lowest BCUT2D eigenvalue weighted by molar-refractivity contribution is -0.204. The van der Waals surface area contributed by atoms with Crippen LogP contribution in [0.2, 0.25) is 0 Å². The van der Waals surface area contributed by atoms with Crippen molar-refractivity contribution in [1.82, 2.24) is 0 Å². The molecule has 0 aromatic carbocycles. The minimum Gasteiger partial charge on any atom is -0.481 e. The molecule has 4 fully saturated rings. The lowest BCUT2D eigenvalue weighted by atomic mass is 9.40. The van der Waals surface area contributed by atoms with Crippen LogP contribution in [0.3, 0.4) is 0 Å². The Bertz CT molecular complexity index is 612. The molecule has 4 aliphatic carbocycles. The van der Waals surface area contributed by atoms with E-state index in [1.807, 2.05) is 6.92 Å². The third-order valence-electron chi connectivity index (χ3n) is 8.97. The van der Waals surface area contributed by atoms with Crippen molar-refractivity contribution in [3.8, 4) is 0 Å². The molecular formula is C21H32O3. The van der Waals surface area contributed by atoms with E-state index in [0.717, 1.165) is 51.4 Å². The molecule has 0 amide bonds. The summed E-state index contributed by atoms with van der Waals surface area (Å²) >= 11 is 0. The maximum absolute atomic E-state index is 12.1. The molecule has 4 aliphatic rings. The van der Waals surface area contributed by atoms with Gasteiger partial charge in [0.25, 0.3) is 0 Å². The molecule has 134 valence electrons. The van der Waals surface area contributed by atoms with Crippen LogP contribution < -0.4 is 0 Å². The van der Waals surface area contributed by atoms with Gasteiger partial charge in [0, 0.05) is 0 Å². The number of aliphatic carboxylic acids is 1. The van der Waals surface area contributed by atoms with Crippen molar-refractivity contribution in [2.45, 2.75) is 78.2 Å². The van der Waals surface area contributed by atoms with Crippen LogP contribution in [0, 0.1) is 33.5 Å². The second-order valence-electron chi connectivity index (χ2n) is 10.3. The monoisotopic (exact) mass is 332 g/mol. The third-order valence-corrected chi connectivity index (χ3v) is 8.97. The first-order chi connectivity index (χ1) is 11.1. The number of aliphatic hydroxyl groups is 1. The van der Waals surface area contributed by atoms with Crippen LogP contribution in [-0.4, -0.2) is 22.3 Å². The summed E-state index contributed by atoms with van der Waals surface area (Å²) < 4.78 is 0. The van der Waals surface area contributed by atoms with E-state index in [2.05, 4.69) is 20.4 Å². The molecule has 1 spiro atoms. The minimum atomic E-state index is -0.639. The second kappa shape index (κ2) is 4.66. The average molecular weight is 332 g/mol. The summed E-state index contributed by atoms with van der Waals surface area (Å²) in [6.45, 7) is 10.9. The van der Waals surface area contributed by atoms with Crippen LogP contribution in [0.15, 0.2) is 12.2 Å². The fraction of sp³-hybridized carbons (Fsp3) is 0.857. The van der Waals surface area contributed by atoms with Gasteiger partial charge in [-0.3, -0.25) is 4.79 Å². The highest BCUT2D eigenvalue weighted by atomic mass is 16.4. The third kappa shape index (κ3) is 1.80. The van der Waals surface area contributed by atoms with Crippen molar-refractivity contribution in [2.75, 3.05) is 0 Å². The van der Waals surface area contributed by atoms with Gasteiger partial charge in [-0.15, -0.1) is 0 Å². The summed E-state index contributed by atoms with van der Waals surface area (Å²) in [5, 5.41) is 21.1. The summed E-state index contributed by atoms with van der Waals surface area (Å²) in [6, 6.07) is 0. The van der Waals surface area contributed by atoms with Gasteiger partial charge in [-0.1, -0.05) is 32.4 Å². The predicted molar refractivity (Wildman–Crippen MR) is 93.5 cm³/mol. The van der Waals surface area contributed by atoms with E-state index < -0.39 is 11.4 Å². The number of hydrogen-bond donors (Lipinski definition) is 2. The molecule has 0 aromatic rings. The van der Waals surface area contributed by atoms with E-state index in [4.69, 9.17) is 0 Å². The normalized spacial score (nSPS) is 56.5. The first-order valence-corrected chi connectivity index (χ1v) is 9.67. The Hall–Kier alpha value is -0.830. The number of carboxylic acids is 1. The van der Waals surface area contributed by atoms with Gasteiger partial charge in [0.15, 0.2) is 0 Å². The largest absolute Gasteiger partial charge is 0.481 e. The van der Waals surface area contributed by atoms with E-state index in [-0.39, 0.29) is 34.2 Å². The molecule has 3 heteroatoms. The van der Waals surface area contributed by atoms with E-state index in [9.17, 15) is 15.0 Å². The average Bonchev–Trinajstić information content (AvgIpc) is 2.63. The SMILES string of the molecule is C=C1CC23CCC4C(C)(C(=O)O)CCCC4(C)C2[C@@H](O)CC1(C)C3. The van der Waals surface area contributed by atoms with Crippen molar-refractivity contribution >= 4 is 5.97 Å². The summed E-state index contributed by atoms with van der Waals surface area (Å²) in [5.74, 6) is -0.227. The molecule has 6 unspecified atom stereocenters. The highest BCUT2D eigenvalue weighted by Gasteiger charge is 2.69. The molecule has 4 rings (SSSR count). The van der Waals surface area contributed by atoms with Crippen LogP contribution in [0.25, 0.3) is 0 Å². The van der Waals surface area contributed by atoms with E-state index in [0.29, 0.717) is 0 Å². The summed E-state index contributed by atoms with van der Waals surface area (Å²) in [4.78, 5) is 12.1. The van der Waals surface area contributed by atoms with Crippen molar-refractivity contribution in [3.05, 3.63) is 12.2 Å². The van der Waals surface area contributed by atoms with E-state index in [1.54, 1.807) is 0 Å². The zero-order valence-electron chi connectivity index (χ0n) is 15.4. The first kappa shape index (κ1) is 16.6. The summed E-state index contributed by atoms with van der Waals surface area (Å²) in [5.41, 5.74) is 0.873. The number of carboxylic acid groups (broad SMARTS) is 1. The highest BCUT2D eigenvalue weighted by molar-refractivity contribution is 5.75. The lowest BCUT2D eigenvalue weighted by Gasteiger charge is -2.64. The molecule has 24 heavy (non-hydrogen) atoms. The Morgan fingerprint density at radius 2 is 1.92 bits per heavy atom. The number of aliphatic hydroxyl groups excluding tert-OH is 1. The maximum Gasteiger partial charge on any atom is 0.309 e. The fourth-order valence-corrected chi connectivity index (χ4v) is 8.12. The van der Waals surface area contributed by atoms with Crippen LogP contribution in [0.5, 0.6) is 0 Å². The van der Waals surface area contributed by atoms with Crippen molar-refractivity contribution in [2.24, 2.45) is 33.5 Å².